The maximum absolute atomic E-state index is 12.8. The Labute approximate surface area is 121 Å². The second-order valence-corrected chi connectivity index (χ2v) is 4.59. The number of nitrogens with one attached hydrogen (secondary N) is 1. The maximum Gasteiger partial charge on any atom is 0.143 e. The minimum atomic E-state index is -0.237. The summed E-state index contributed by atoms with van der Waals surface area (Å²) in [5.41, 5.74) is 0.982. The number of aromatic nitrogens is 4. The Balaban J connectivity index is 1.74. The van der Waals surface area contributed by atoms with Crippen molar-refractivity contribution in [2.45, 2.75) is 13.5 Å². The molecule has 2 heterocycles. The fourth-order valence-electron chi connectivity index (χ4n) is 1.99. The van der Waals surface area contributed by atoms with Gasteiger partial charge >= 0.3 is 0 Å². The van der Waals surface area contributed by atoms with Crippen molar-refractivity contribution >= 4 is 5.82 Å². The molecule has 3 aromatic rings. The molecule has 21 heavy (non-hydrogen) atoms. The van der Waals surface area contributed by atoms with Crippen LogP contribution in [0.4, 0.5) is 10.2 Å². The highest BCUT2D eigenvalue weighted by Crippen LogP contribution is 2.12. The molecular weight excluding hydrogens is 269 g/mol. The monoisotopic (exact) mass is 283 g/mol. The third-order valence-electron chi connectivity index (χ3n) is 3.11. The standard InChI is InChI=1S/C15H14FN5/c1-11-17-6-7-21(11)15-8-14(19-10-20-15)18-9-12-2-4-13(16)5-3-12/h2-8,10H,9H2,1H3,(H,18,19,20). The lowest BCUT2D eigenvalue weighted by molar-refractivity contribution is 0.627. The molecule has 1 aromatic carbocycles. The van der Waals surface area contributed by atoms with Crippen LogP contribution >= 0.6 is 0 Å². The fraction of sp³-hybridized carbons (Fsp3) is 0.133. The van der Waals surface area contributed by atoms with Gasteiger partial charge in [0.05, 0.1) is 0 Å². The van der Waals surface area contributed by atoms with Gasteiger partial charge in [-0.05, 0) is 24.6 Å². The van der Waals surface area contributed by atoms with Gasteiger partial charge in [0.2, 0.25) is 0 Å². The Morgan fingerprint density at radius 1 is 1.14 bits per heavy atom. The van der Waals surface area contributed by atoms with Gasteiger partial charge < -0.3 is 5.32 Å². The molecule has 0 aliphatic carbocycles. The lowest BCUT2D eigenvalue weighted by atomic mass is 10.2. The van der Waals surface area contributed by atoms with Crippen molar-refractivity contribution in [1.82, 2.24) is 19.5 Å². The molecule has 0 amide bonds. The van der Waals surface area contributed by atoms with Gasteiger partial charge in [0.1, 0.15) is 29.6 Å². The number of hydrogen-bond acceptors (Lipinski definition) is 4. The zero-order valence-electron chi connectivity index (χ0n) is 11.5. The number of aryl methyl sites for hydroxylation is 1. The van der Waals surface area contributed by atoms with Crippen molar-refractivity contribution in [3.05, 3.63) is 66.3 Å². The van der Waals surface area contributed by atoms with E-state index < -0.39 is 0 Å². The quantitative estimate of drug-likeness (QED) is 0.800. The largest absolute Gasteiger partial charge is 0.366 e. The second-order valence-electron chi connectivity index (χ2n) is 4.59. The van der Waals surface area contributed by atoms with Crippen LogP contribution in [-0.2, 0) is 6.54 Å². The van der Waals surface area contributed by atoms with E-state index in [0.29, 0.717) is 12.4 Å². The zero-order chi connectivity index (χ0) is 14.7. The van der Waals surface area contributed by atoms with E-state index in [1.807, 2.05) is 23.8 Å². The minimum absolute atomic E-state index is 0.237. The van der Waals surface area contributed by atoms with Crippen LogP contribution in [-0.4, -0.2) is 19.5 Å². The van der Waals surface area contributed by atoms with E-state index >= 15 is 0 Å². The van der Waals surface area contributed by atoms with E-state index in [2.05, 4.69) is 20.3 Å². The molecule has 0 unspecified atom stereocenters. The van der Waals surface area contributed by atoms with Gasteiger partial charge in [0.25, 0.3) is 0 Å². The maximum atomic E-state index is 12.8. The molecule has 1 N–H and O–H groups in total. The fourth-order valence-corrected chi connectivity index (χ4v) is 1.99. The molecule has 0 aliphatic rings. The predicted molar refractivity (Wildman–Crippen MR) is 77.6 cm³/mol. The SMILES string of the molecule is Cc1nccn1-c1cc(NCc2ccc(F)cc2)ncn1. The Hall–Kier alpha value is -2.76. The highest BCUT2D eigenvalue weighted by molar-refractivity contribution is 5.41. The van der Waals surface area contributed by atoms with Gasteiger partial charge in [0, 0.05) is 25.0 Å². The molecule has 0 atom stereocenters. The summed E-state index contributed by atoms with van der Waals surface area (Å²) in [7, 11) is 0. The summed E-state index contributed by atoms with van der Waals surface area (Å²) in [5, 5.41) is 3.19. The number of nitrogens with zero attached hydrogens (tertiary/aromatic N) is 4. The highest BCUT2D eigenvalue weighted by atomic mass is 19.1. The van der Waals surface area contributed by atoms with Crippen LogP contribution in [0.5, 0.6) is 0 Å². The Kier molecular flexibility index (Phi) is 3.59. The number of halogens is 1. The van der Waals surface area contributed by atoms with Crippen LogP contribution in [0.1, 0.15) is 11.4 Å². The highest BCUT2D eigenvalue weighted by Gasteiger charge is 2.04. The third kappa shape index (κ3) is 3.05. The molecule has 0 saturated carbocycles. The van der Waals surface area contributed by atoms with E-state index in [1.54, 1.807) is 18.3 Å². The molecule has 0 aliphatic heterocycles. The lowest BCUT2D eigenvalue weighted by Gasteiger charge is -2.08. The third-order valence-corrected chi connectivity index (χ3v) is 3.11. The second kappa shape index (κ2) is 5.70. The minimum Gasteiger partial charge on any atom is -0.366 e. The molecule has 106 valence electrons. The smallest absolute Gasteiger partial charge is 0.143 e. The molecule has 0 spiro atoms. The van der Waals surface area contributed by atoms with Gasteiger partial charge in [-0.3, -0.25) is 4.57 Å². The lowest BCUT2D eigenvalue weighted by Crippen LogP contribution is -2.05. The van der Waals surface area contributed by atoms with Crippen LogP contribution in [0, 0.1) is 12.7 Å². The first-order valence-electron chi connectivity index (χ1n) is 6.53. The summed E-state index contributed by atoms with van der Waals surface area (Å²) >= 11 is 0. The number of hydrogen-bond donors (Lipinski definition) is 1. The first-order chi connectivity index (χ1) is 10.2. The number of anilines is 1. The van der Waals surface area contributed by atoms with Crippen LogP contribution in [0.2, 0.25) is 0 Å². The molecule has 0 bridgehead atoms. The number of rotatable bonds is 4. The Bertz CT molecular complexity index is 736. The Morgan fingerprint density at radius 3 is 2.67 bits per heavy atom. The molecular formula is C15H14FN5. The van der Waals surface area contributed by atoms with E-state index in [-0.39, 0.29) is 5.82 Å². The molecule has 3 rings (SSSR count). The van der Waals surface area contributed by atoms with E-state index in [1.165, 1.54) is 18.5 Å². The molecule has 0 fully saturated rings. The van der Waals surface area contributed by atoms with Crippen molar-refractivity contribution in [3.8, 4) is 5.82 Å². The van der Waals surface area contributed by atoms with Gasteiger partial charge in [-0.2, -0.15) is 0 Å². The van der Waals surface area contributed by atoms with Gasteiger partial charge in [-0.25, -0.2) is 19.3 Å². The topological polar surface area (TPSA) is 55.6 Å². The van der Waals surface area contributed by atoms with Crippen LogP contribution in [0.15, 0.2) is 49.1 Å². The van der Waals surface area contributed by atoms with Gasteiger partial charge in [0.15, 0.2) is 0 Å². The summed E-state index contributed by atoms with van der Waals surface area (Å²) in [6.07, 6.45) is 5.08. The summed E-state index contributed by atoms with van der Waals surface area (Å²) in [4.78, 5) is 12.6. The van der Waals surface area contributed by atoms with Crippen molar-refractivity contribution in [1.29, 1.82) is 0 Å². The summed E-state index contributed by atoms with van der Waals surface area (Å²) in [6.45, 7) is 2.48. The van der Waals surface area contributed by atoms with Crippen molar-refractivity contribution in [2.75, 3.05) is 5.32 Å². The van der Waals surface area contributed by atoms with Gasteiger partial charge in [-0.1, -0.05) is 12.1 Å². The zero-order valence-corrected chi connectivity index (χ0v) is 11.5. The summed E-state index contributed by atoms with van der Waals surface area (Å²) in [5.74, 6) is 2.08. The normalized spacial score (nSPS) is 10.6. The molecule has 2 aromatic heterocycles. The molecule has 6 heteroatoms. The van der Waals surface area contributed by atoms with Crippen LogP contribution < -0.4 is 5.32 Å². The Morgan fingerprint density at radius 2 is 1.95 bits per heavy atom. The van der Waals surface area contributed by atoms with Crippen LogP contribution in [0.3, 0.4) is 0 Å². The van der Waals surface area contributed by atoms with Gasteiger partial charge in [-0.15, -0.1) is 0 Å². The predicted octanol–water partition coefficient (Wildman–Crippen LogP) is 2.72. The number of imidazole rings is 1. The van der Waals surface area contributed by atoms with E-state index in [0.717, 1.165) is 17.2 Å². The summed E-state index contributed by atoms with van der Waals surface area (Å²) < 4.78 is 14.7. The number of benzene rings is 1. The molecule has 5 nitrogen and oxygen atoms in total. The van der Waals surface area contributed by atoms with E-state index in [9.17, 15) is 4.39 Å². The van der Waals surface area contributed by atoms with E-state index in [4.69, 9.17) is 0 Å². The summed E-state index contributed by atoms with van der Waals surface area (Å²) in [6, 6.07) is 8.21. The molecule has 0 saturated heterocycles. The molecule has 0 radical (unpaired) electrons. The average Bonchev–Trinajstić information content (AvgIpc) is 2.93. The van der Waals surface area contributed by atoms with Crippen molar-refractivity contribution in [2.24, 2.45) is 0 Å². The van der Waals surface area contributed by atoms with Crippen LogP contribution in [0.25, 0.3) is 5.82 Å². The van der Waals surface area contributed by atoms with Crippen molar-refractivity contribution < 1.29 is 4.39 Å². The van der Waals surface area contributed by atoms with Crippen molar-refractivity contribution in [3.63, 3.8) is 0 Å². The first-order valence-corrected chi connectivity index (χ1v) is 6.53. The average molecular weight is 283 g/mol. The first kappa shape index (κ1) is 13.2.